The number of carbonyl (C=O) groups excluding carboxylic acids is 1. The third-order valence-electron chi connectivity index (χ3n) is 4.64. The van der Waals surface area contributed by atoms with Crippen molar-refractivity contribution in [3.8, 4) is 16.9 Å². The van der Waals surface area contributed by atoms with E-state index in [4.69, 9.17) is 0 Å². The van der Waals surface area contributed by atoms with E-state index < -0.39 is 29.5 Å². The Hall–Kier alpha value is -4.22. The molecular formula is C22H13F6N5O. The molecule has 0 aliphatic carbocycles. The quantitative estimate of drug-likeness (QED) is 0.388. The normalized spacial score (nSPS) is 11.9. The number of nitrogens with one attached hydrogen (secondary N) is 1. The smallest absolute Gasteiger partial charge is 0.307 e. The minimum atomic E-state index is -4.72. The van der Waals surface area contributed by atoms with Gasteiger partial charge in [0, 0.05) is 23.5 Å². The van der Waals surface area contributed by atoms with Gasteiger partial charge in [-0.25, -0.2) is 9.67 Å². The molecule has 0 unspecified atom stereocenters. The van der Waals surface area contributed by atoms with E-state index in [2.05, 4.69) is 20.4 Å². The minimum absolute atomic E-state index is 0.0421. The zero-order chi connectivity index (χ0) is 24.5. The molecule has 12 heteroatoms. The van der Waals surface area contributed by atoms with E-state index in [1.165, 1.54) is 30.6 Å². The highest BCUT2D eigenvalue weighted by Gasteiger charge is 2.36. The summed E-state index contributed by atoms with van der Waals surface area (Å²) < 4.78 is 80.0. The van der Waals surface area contributed by atoms with Crippen LogP contribution >= 0.6 is 0 Å². The summed E-state index contributed by atoms with van der Waals surface area (Å²) in [6, 6.07) is 10.2. The first-order chi connectivity index (χ1) is 16.0. The Morgan fingerprint density at radius 2 is 1.68 bits per heavy atom. The lowest BCUT2D eigenvalue weighted by Gasteiger charge is -2.11. The van der Waals surface area contributed by atoms with Crippen molar-refractivity contribution < 1.29 is 31.1 Å². The summed E-state index contributed by atoms with van der Waals surface area (Å²) in [5, 5.41) is 6.32. The van der Waals surface area contributed by atoms with Crippen molar-refractivity contribution in [1.82, 2.24) is 19.7 Å². The Kier molecular flexibility index (Phi) is 5.82. The molecule has 1 N–H and O–H groups in total. The number of rotatable bonds is 4. The van der Waals surface area contributed by atoms with Gasteiger partial charge in [0.15, 0.2) is 0 Å². The average molecular weight is 477 g/mol. The fourth-order valence-electron chi connectivity index (χ4n) is 3.05. The van der Waals surface area contributed by atoms with Gasteiger partial charge in [-0.05, 0) is 48.5 Å². The zero-order valence-corrected chi connectivity index (χ0v) is 16.9. The lowest BCUT2D eigenvalue weighted by atomic mass is 10.1. The first-order valence-corrected chi connectivity index (χ1v) is 9.55. The molecule has 0 bridgehead atoms. The molecule has 0 spiro atoms. The van der Waals surface area contributed by atoms with E-state index >= 15 is 0 Å². The Morgan fingerprint density at radius 1 is 0.882 bits per heavy atom. The molecule has 0 fully saturated rings. The van der Waals surface area contributed by atoms with Gasteiger partial charge in [-0.2, -0.15) is 31.4 Å². The number of halogens is 6. The van der Waals surface area contributed by atoms with Gasteiger partial charge in [0.25, 0.3) is 5.91 Å². The molecule has 1 amide bonds. The fraction of sp³-hybridized carbons (Fsp3) is 0.0909. The molecule has 0 radical (unpaired) electrons. The lowest BCUT2D eigenvalue weighted by Crippen LogP contribution is -2.15. The molecule has 0 saturated carbocycles. The number of benzene rings is 1. The highest BCUT2D eigenvalue weighted by atomic mass is 19.4. The number of alkyl halides is 6. The van der Waals surface area contributed by atoms with Gasteiger partial charge in [-0.3, -0.25) is 9.78 Å². The maximum atomic E-state index is 13.6. The van der Waals surface area contributed by atoms with Gasteiger partial charge >= 0.3 is 12.4 Å². The van der Waals surface area contributed by atoms with E-state index in [0.29, 0.717) is 16.3 Å². The summed E-state index contributed by atoms with van der Waals surface area (Å²) in [6.07, 6.45) is -5.44. The maximum absolute atomic E-state index is 13.6. The highest BCUT2D eigenvalue weighted by molar-refractivity contribution is 6.03. The molecule has 34 heavy (non-hydrogen) atoms. The summed E-state index contributed by atoms with van der Waals surface area (Å²) in [5.41, 5.74) is -1.92. The van der Waals surface area contributed by atoms with E-state index in [1.807, 2.05) is 0 Å². The number of carbonyl (C=O) groups is 1. The number of nitrogens with zero attached hydrogens (tertiary/aromatic N) is 4. The standard InChI is InChI=1S/C22H13F6N5O/c23-21(24,25)15-5-1-3-13(9-15)20(34)31-19-7-6-16(12-30-19)33-18(22(26,27)28)10-17(32-33)14-4-2-8-29-11-14/h1-12H,(H,30,31,34). The molecule has 4 aromatic rings. The highest BCUT2D eigenvalue weighted by Crippen LogP contribution is 2.34. The van der Waals surface area contributed by atoms with Crippen LogP contribution < -0.4 is 5.32 Å². The van der Waals surface area contributed by atoms with Gasteiger partial charge in [-0.1, -0.05) is 6.07 Å². The number of aromatic nitrogens is 4. The van der Waals surface area contributed by atoms with Crippen molar-refractivity contribution in [3.05, 3.63) is 90.0 Å². The Morgan fingerprint density at radius 3 is 2.29 bits per heavy atom. The topological polar surface area (TPSA) is 72.7 Å². The van der Waals surface area contributed by atoms with E-state index in [9.17, 15) is 31.1 Å². The van der Waals surface area contributed by atoms with E-state index in [1.54, 1.807) is 12.1 Å². The van der Waals surface area contributed by atoms with Crippen LogP contribution in [0.2, 0.25) is 0 Å². The number of amides is 1. The second-order valence-electron chi connectivity index (χ2n) is 7.00. The van der Waals surface area contributed by atoms with Crippen LogP contribution in [0.5, 0.6) is 0 Å². The van der Waals surface area contributed by atoms with Crippen molar-refractivity contribution >= 4 is 11.7 Å². The summed E-state index contributed by atoms with van der Waals surface area (Å²) >= 11 is 0. The third-order valence-corrected chi connectivity index (χ3v) is 4.64. The summed E-state index contributed by atoms with van der Waals surface area (Å²) in [4.78, 5) is 20.1. The minimum Gasteiger partial charge on any atom is -0.307 e. The summed E-state index contributed by atoms with van der Waals surface area (Å²) in [6.45, 7) is 0. The Balaban J connectivity index is 1.60. The summed E-state index contributed by atoms with van der Waals surface area (Å²) in [7, 11) is 0. The predicted octanol–water partition coefficient (Wildman–Crippen LogP) is 5.62. The second-order valence-corrected chi connectivity index (χ2v) is 7.00. The van der Waals surface area contributed by atoms with Crippen LogP contribution in [0.3, 0.4) is 0 Å². The summed E-state index contributed by atoms with van der Waals surface area (Å²) in [5.74, 6) is -0.931. The molecule has 0 atom stereocenters. The Labute approximate surface area is 187 Å². The number of hydrogen-bond donors (Lipinski definition) is 1. The largest absolute Gasteiger partial charge is 0.433 e. The SMILES string of the molecule is O=C(Nc1ccc(-n2nc(-c3cccnc3)cc2C(F)(F)F)cn1)c1cccc(C(F)(F)F)c1. The van der Waals surface area contributed by atoms with Gasteiger partial charge in [0.2, 0.25) is 0 Å². The molecular weight excluding hydrogens is 464 g/mol. The maximum Gasteiger partial charge on any atom is 0.433 e. The van der Waals surface area contributed by atoms with Crippen LogP contribution in [0.15, 0.2) is 73.2 Å². The van der Waals surface area contributed by atoms with Crippen LogP contribution in [0.1, 0.15) is 21.6 Å². The second kappa shape index (κ2) is 8.61. The van der Waals surface area contributed by atoms with Crippen LogP contribution in [-0.4, -0.2) is 25.7 Å². The van der Waals surface area contributed by atoms with Gasteiger partial charge in [0.05, 0.1) is 23.1 Å². The molecule has 1 aromatic carbocycles. The van der Waals surface area contributed by atoms with Crippen LogP contribution in [0, 0.1) is 0 Å². The predicted molar refractivity (Wildman–Crippen MR) is 109 cm³/mol. The molecule has 6 nitrogen and oxygen atoms in total. The zero-order valence-electron chi connectivity index (χ0n) is 16.9. The molecule has 0 aliphatic heterocycles. The Bertz CT molecular complexity index is 1310. The van der Waals surface area contributed by atoms with Crippen molar-refractivity contribution in [3.63, 3.8) is 0 Å². The van der Waals surface area contributed by atoms with Crippen LogP contribution in [0.25, 0.3) is 16.9 Å². The molecule has 4 rings (SSSR count). The van der Waals surface area contributed by atoms with Gasteiger partial charge in [-0.15, -0.1) is 0 Å². The molecule has 0 aliphatic rings. The van der Waals surface area contributed by atoms with Crippen molar-refractivity contribution in [1.29, 1.82) is 0 Å². The number of anilines is 1. The molecule has 174 valence electrons. The van der Waals surface area contributed by atoms with Gasteiger partial charge < -0.3 is 5.32 Å². The van der Waals surface area contributed by atoms with Crippen LogP contribution in [0.4, 0.5) is 32.2 Å². The fourth-order valence-corrected chi connectivity index (χ4v) is 3.05. The molecule has 3 heterocycles. The average Bonchev–Trinajstić information content (AvgIpc) is 3.26. The third kappa shape index (κ3) is 4.90. The van der Waals surface area contributed by atoms with E-state index in [-0.39, 0.29) is 22.8 Å². The van der Waals surface area contributed by atoms with Crippen molar-refractivity contribution in [2.45, 2.75) is 12.4 Å². The van der Waals surface area contributed by atoms with E-state index in [0.717, 1.165) is 24.4 Å². The van der Waals surface area contributed by atoms with Gasteiger partial charge in [0.1, 0.15) is 11.5 Å². The van der Waals surface area contributed by atoms with Crippen molar-refractivity contribution in [2.75, 3.05) is 5.32 Å². The first kappa shape index (κ1) is 23.0. The first-order valence-electron chi connectivity index (χ1n) is 9.55. The number of pyridine rings is 2. The number of hydrogen-bond acceptors (Lipinski definition) is 4. The van der Waals surface area contributed by atoms with Crippen molar-refractivity contribution in [2.24, 2.45) is 0 Å². The lowest BCUT2D eigenvalue weighted by molar-refractivity contribution is -0.142. The monoisotopic (exact) mass is 477 g/mol. The van der Waals surface area contributed by atoms with Crippen LogP contribution in [-0.2, 0) is 12.4 Å². The molecule has 0 saturated heterocycles. The molecule has 3 aromatic heterocycles.